The summed E-state index contributed by atoms with van der Waals surface area (Å²) in [6.07, 6.45) is -0.0680. The highest BCUT2D eigenvalue weighted by Gasteiger charge is 2.21. The number of ether oxygens (including phenoxy) is 1. The van der Waals surface area contributed by atoms with Crippen molar-refractivity contribution in [2.45, 2.75) is 44.9 Å². The largest absolute Gasteiger partial charge is 0.477 e. The highest BCUT2D eigenvalue weighted by molar-refractivity contribution is 7.17. The van der Waals surface area contributed by atoms with Gasteiger partial charge in [-0.25, -0.2) is 4.79 Å². The molecule has 36 heavy (non-hydrogen) atoms. The number of hydrogen-bond acceptors (Lipinski definition) is 5. The summed E-state index contributed by atoms with van der Waals surface area (Å²) in [7, 11) is 0. The van der Waals surface area contributed by atoms with E-state index >= 15 is 0 Å². The molecule has 1 heterocycles. The second-order valence-electron chi connectivity index (χ2n) is 9.81. The Morgan fingerprint density at radius 3 is 2.47 bits per heavy atom. The second kappa shape index (κ2) is 11.4. The molecule has 0 amide bonds. The molecule has 6 heteroatoms. The number of carboxylic acid groups (broad SMARTS) is 1. The van der Waals surface area contributed by atoms with Gasteiger partial charge in [0.1, 0.15) is 4.88 Å². The molecule has 0 fully saturated rings. The minimum Gasteiger partial charge on any atom is -0.477 e. The van der Waals surface area contributed by atoms with Gasteiger partial charge >= 0.3 is 5.97 Å². The Morgan fingerprint density at radius 1 is 1.00 bits per heavy atom. The van der Waals surface area contributed by atoms with Gasteiger partial charge in [0.2, 0.25) is 0 Å². The number of fused-ring (bicyclic) bond motifs is 1. The van der Waals surface area contributed by atoms with Crippen LogP contribution in [0.1, 0.15) is 47.7 Å². The molecule has 5 nitrogen and oxygen atoms in total. The molecular formula is C30H33NO4S. The van der Waals surface area contributed by atoms with E-state index in [1.165, 1.54) is 27.7 Å². The standard InChI is InChI=1S/C30H33NO4S/c1-20(25-10-6-7-11-26(25)27-14-15-28(36-27)29(33)34)35-19-24(32)18-31-30(2,3)17-21-12-13-22-8-4-5-9-23(22)16-21/h4-16,20,24,31-32H,17-19H2,1-3H3,(H,33,34)/t20?,24-/m1/s1. The van der Waals surface area contributed by atoms with Crippen molar-refractivity contribution < 1.29 is 19.7 Å². The third-order valence-corrected chi connectivity index (χ3v) is 7.40. The summed E-state index contributed by atoms with van der Waals surface area (Å²) < 4.78 is 6.04. The minimum atomic E-state index is -0.924. The van der Waals surface area contributed by atoms with Gasteiger partial charge in [-0.2, -0.15) is 0 Å². The number of β-amino-alcohol motifs (C(OH)–C–C–N with tert-alkyl or cyclic N) is 1. The molecule has 0 spiro atoms. The Kier molecular flexibility index (Phi) is 8.21. The van der Waals surface area contributed by atoms with E-state index in [1.54, 1.807) is 6.07 Å². The molecule has 4 aromatic rings. The van der Waals surface area contributed by atoms with Crippen LogP contribution in [0.4, 0.5) is 0 Å². The van der Waals surface area contributed by atoms with Crippen molar-refractivity contribution in [1.29, 1.82) is 0 Å². The summed E-state index contributed by atoms with van der Waals surface area (Å²) >= 11 is 1.25. The number of rotatable bonds is 11. The number of nitrogens with one attached hydrogen (secondary N) is 1. The van der Waals surface area contributed by atoms with Crippen LogP contribution in [0, 0.1) is 0 Å². The molecule has 4 rings (SSSR count). The molecule has 0 saturated carbocycles. The summed E-state index contributed by atoms with van der Waals surface area (Å²) in [5, 5.41) is 25.8. The zero-order valence-corrected chi connectivity index (χ0v) is 21.7. The first-order valence-electron chi connectivity index (χ1n) is 12.2. The smallest absolute Gasteiger partial charge is 0.345 e. The topological polar surface area (TPSA) is 78.8 Å². The van der Waals surface area contributed by atoms with Gasteiger partial charge in [0.15, 0.2) is 0 Å². The van der Waals surface area contributed by atoms with Crippen LogP contribution in [0.15, 0.2) is 78.9 Å². The van der Waals surface area contributed by atoms with E-state index in [9.17, 15) is 15.0 Å². The Hall–Kier alpha value is -3.03. The predicted molar refractivity (Wildman–Crippen MR) is 147 cm³/mol. The lowest BCUT2D eigenvalue weighted by Crippen LogP contribution is -2.46. The average molecular weight is 504 g/mol. The minimum absolute atomic E-state index is 0.192. The maximum atomic E-state index is 11.3. The fourth-order valence-corrected chi connectivity index (χ4v) is 5.29. The molecule has 2 atom stereocenters. The van der Waals surface area contributed by atoms with Gasteiger partial charge in [0.25, 0.3) is 0 Å². The number of aromatic carboxylic acids is 1. The highest BCUT2D eigenvalue weighted by Crippen LogP contribution is 2.34. The maximum absolute atomic E-state index is 11.3. The normalized spacial score (nSPS) is 13.6. The van der Waals surface area contributed by atoms with E-state index in [0.29, 0.717) is 11.4 Å². The molecule has 0 saturated heterocycles. The van der Waals surface area contributed by atoms with Crippen molar-refractivity contribution in [2.24, 2.45) is 0 Å². The van der Waals surface area contributed by atoms with E-state index in [2.05, 4.69) is 55.6 Å². The van der Waals surface area contributed by atoms with Gasteiger partial charge < -0.3 is 20.3 Å². The molecule has 0 aliphatic heterocycles. The maximum Gasteiger partial charge on any atom is 0.345 e. The first-order chi connectivity index (χ1) is 17.2. The first-order valence-corrected chi connectivity index (χ1v) is 13.0. The van der Waals surface area contributed by atoms with E-state index in [-0.39, 0.29) is 18.2 Å². The number of carboxylic acids is 1. The average Bonchev–Trinajstić information content (AvgIpc) is 3.36. The van der Waals surface area contributed by atoms with Crippen LogP contribution in [-0.4, -0.2) is 41.0 Å². The zero-order chi connectivity index (χ0) is 25.7. The number of aliphatic hydroxyl groups excluding tert-OH is 1. The summed E-state index contributed by atoms with van der Waals surface area (Å²) in [6.45, 7) is 6.84. The molecule has 188 valence electrons. The van der Waals surface area contributed by atoms with Crippen LogP contribution >= 0.6 is 11.3 Å². The quantitative estimate of drug-likeness (QED) is 0.223. The van der Waals surface area contributed by atoms with Crippen LogP contribution in [0.5, 0.6) is 0 Å². The van der Waals surface area contributed by atoms with Gasteiger partial charge in [0, 0.05) is 17.0 Å². The van der Waals surface area contributed by atoms with Crippen LogP contribution in [-0.2, 0) is 11.2 Å². The van der Waals surface area contributed by atoms with Crippen molar-refractivity contribution in [1.82, 2.24) is 5.32 Å². The molecule has 1 aromatic heterocycles. The lowest BCUT2D eigenvalue weighted by Gasteiger charge is -2.28. The number of carbonyl (C=O) groups is 1. The van der Waals surface area contributed by atoms with Crippen molar-refractivity contribution in [3.05, 3.63) is 94.9 Å². The Labute approximate surface area is 216 Å². The number of aliphatic hydroxyl groups is 1. The molecule has 0 aliphatic rings. The van der Waals surface area contributed by atoms with Gasteiger partial charge in [-0.1, -0.05) is 66.7 Å². The van der Waals surface area contributed by atoms with E-state index in [1.807, 2.05) is 43.3 Å². The molecule has 0 bridgehead atoms. The molecule has 1 unspecified atom stereocenters. The zero-order valence-electron chi connectivity index (χ0n) is 20.9. The van der Waals surface area contributed by atoms with Gasteiger partial charge in [-0.05, 0) is 66.8 Å². The lowest BCUT2D eigenvalue weighted by atomic mass is 9.93. The van der Waals surface area contributed by atoms with Gasteiger partial charge in [-0.15, -0.1) is 11.3 Å². The van der Waals surface area contributed by atoms with Crippen LogP contribution in [0.25, 0.3) is 21.2 Å². The molecule has 3 aromatic carbocycles. The van der Waals surface area contributed by atoms with Crippen LogP contribution in [0.3, 0.4) is 0 Å². The number of benzene rings is 3. The molecule has 3 N–H and O–H groups in total. The Balaban J connectivity index is 1.31. The third-order valence-electron chi connectivity index (χ3n) is 6.30. The number of hydrogen-bond donors (Lipinski definition) is 3. The monoisotopic (exact) mass is 503 g/mol. The lowest BCUT2D eigenvalue weighted by molar-refractivity contribution is -0.00396. The van der Waals surface area contributed by atoms with Crippen LogP contribution in [0.2, 0.25) is 0 Å². The molecule has 0 aliphatic carbocycles. The van der Waals surface area contributed by atoms with Crippen molar-refractivity contribution >= 4 is 28.1 Å². The number of thiophene rings is 1. The van der Waals surface area contributed by atoms with Crippen molar-refractivity contribution in [3.63, 3.8) is 0 Å². The van der Waals surface area contributed by atoms with Crippen LogP contribution < -0.4 is 5.32 Å². The summed E-state index contributed by atoms with van der Waals surface area (Å²) in [5.41, 5.74) is 2.98. The van der Waals surface area contributed by atoms with Gasteiger partial charge in [-0.3, -0.25) is 0 Å². The van der Waals surface area contributed by atoms with Gasteiger partial charge in [0.05, 0.1) is 18.8 Å². The van der Waals surface area contributed by atoms with E-state index in [0.717, 1.165) is 22.4 Å². The highest BCUT2D eigenvalue weighted by atomic mass is 32.1. The predicted octanol–water partition coefficient (Wildman–Crippen LogP) is 6.32. The van der Waals surface area contributed by atoms with Crippen molar-refractivity contribution in [3.8, 4) is 10.4 Å². The summed E-state index contributed by atoms with van der Waals surface area (Å²) in [4.78, 5) is 12.5. The summed E-state index contributed by atoms with van der Waals surface area (Å²) in [6, 6.07) is 26.2. The third kappa shape index (κ3) is 6.59. The van der Waals surface area contributed by atoms with Crippen molar-refractivity contribution in [2.75, 3.05) is 13.2 Å². The fraction of sp³-hybridized carbons (Fsp3) is 0.300. The molecular weight excluding hydrogens is 470 g/mol. The summed E-state index contributed by atoms with van der Waals surface area (Å²) in [5.74, 6) is -0.924. The first kappa shape index (κ1) is 26.0. The Bertz CT molecular complexity index is 1330. The van der Waals surface area contributed by atoms with E-state index in [4.69, 9.17) is 4.74 Å². The Morgan fingerprint density at radius 2 is 1.72 bits per heavy atom. The SMILES string of the molecule is CC(OC[C@H](O)CNC(C)(C)Cc1ccc2ccccc2c1)c1ccccc1-c1ccc(C(=O)O)s1. The van der Waals surface area contributed by atoms with E-state index < -0.39 is 12.1 Å². The fourth-order valence-electron chi connectivity index (χ4n) is 4.39. The second-order valence-corrected chi connectivity index (χ2v) is 10.9. The molecule has 0 radical (unpaired) electrons.